The van der Waals surface area contributed by atoms with Gasteiger partial charge in [0.1, 0.15) is 8.07 Å². The minimum Gasteiger partial charge on any atom is -0.376 e. The van der Waals surface area contributed by atoms with Gasteiger partial charge in [-0.15, -0.1) is 0 Å². The van der Waals surface area contributed by atoms with Gasteiger partial charge in [-0.3, -0.25) is 0 Å². The lowest BCUT2D eigenvalue weighted by molar-refractivity contribution is 0.00129. The fraction of sp³-hybridized carbons (Fsp3) is 0.548. The maximum Gasteiger partial charge on any atom is 0.107 e. The molecule has 2 aromatic carbocycles. The van der Waals surface area contributed by atoms with Gasteiger partial charge in [0.05, 0.1) is 6.10 Å². The molecular weight excluding hydrogens is 444 g/mol. The van der Waals surface area contributed by atoms with Crippen LogP contribution in [0.4, 0.5) is 0 Å². The van der Waals surface area contributed by atoms with Crippen LogP contribution in [0.1, 0.15) is 63.7 Å². The molecule has 0 radical (unpaired) electrons. The van der Waals surface area contributed by atoms with E-state index in [9.17, 15) is 0 Å². The zero-order chi connectivity index (χ0) is 25.4. The summed E-state index contributed by atoms with van der Waals surface area (Å²) in [6.45, 7) is 12.3. The van der Waals surface area contributed by atoms with Crippen molar-refractivity contribution in [3.8, 4) is 0 Å². The molecule has 1 atom stereocenters. The molecule has 1 aliphatic carbocycles. The van der Waals surface area contributed by atoms with Gasteiger partial charge in [0.25, 0.3) is 0 Å². The van der Waals surface area contributed by atoms with Crippen LogP contribution in [-0.4, -0.2) is 44.7 Å². The Morgan fingerprint density at radius 2 is 1.60 bits per heavy atom. The Balaban J connectivity index is 1.68. The standard InChI is InChI=1S/C31H46N2OSi/c1-30(2,3)35(7,8)29-27(25-16-12-13-17-26(25)32-29)28(34-6)24-18-20-31(21-19-24,33(4)5)22-23-14-10-9-11-15-23/h9-17,24,28,32H,18-22H2,1-8H3. The average molecular weight is 491 g/mol. The Bertz CT molecular complexity index is 1120. The third kappa shape index (κ3) is 4.90. The number of ether oxygens (including phenoxy) is 1. The molecule has 1 N–H and O–H groups in total. The van der Waals surface area contributed by atoms with E-state index < -0.39 is 8.07 Å². The minimum absolute atomic E-state index is 0.132. The second-order valence-electron chi connectivity index (χ2n) is 12.6. The van der Waals surface area contributed by atoms with Gasteiger partial charge >= 0.3 is 0 Å². The first kappa shape index (κ1) is 26.2. The SMILES string of the molecule is COC(c1c([Si](C)(C)C(C)(C)C)[nH]c2ccccc12)C1CCC(Cc2ccccc2)(N(C)C)CC1. The molecule has 1 saturated carbocycles. The molecule has 0 aliphatic heterocycles. The number of fused-ring (bicyclic) bond motifs is 1. The van der Waals surface area contributed by atoms with Crippen LogP contribution in [0.3, 0.4) is 0 Å². The van der Waals surface area contributed by atoms with E-state index in [1.165, 1.54) is 53.0 Å². The van der Waals surface area contributed by atoms with Crippen LogP contribution in [0, 0.1) is 5.92 Å². The van der Waals surface area contributed by atoms with E-state index in [0.717, 1.165) is 6.42 Å². The van der Waals surface area contributed by atoms with Crippen molar-refractivity contribution in [2.45, 2.75) is 82.7 Å². The molecule has 1 fully saturated rings. The molecule has 4 heteroatoms. The van der Waals surface area contributed by atoms with Crippen LogP contribution >= 0.6 is 0 Å². The first-order valence-electron chi connectivity index (χ1n) is 13.4. The summed E-state index contributed by atoms with van der Waals surface area (Å²) in [4.78, 5) is 6.40. The Morgan fingerprint density at radius 3 is 2.17 bits per heavy atom. The highest BCUT2D eigenvalue weighted by Gasteiger charge is 2.44. The monoisotopic (exact) mass is 490 g/mol. The molecule has 0 amide bonds. The lowest BCUT2D eigenvalue weighted by Gasteiger charge is -2.47. The molecule has 1 aliphatic rings. The van der Waals surface area contributed by atoms with Crippen molar-refractivity contribution in [3.05, 3.63) is 65.7 Å². The van der Waals surface area contributed by atoms with Crippen molar-refractivity contribution in [1.29, 1.82) is 0 Å². The van der Waals surface area contributed by atoms with Crippen molar-refractivity contribution >= 4 is 24.3 Å². The Labute approximate surface area is 214 Å². The highest BCUT2D eigenvalue weighted by atomic mass is 28.3. The number of aromatic nitrogens is 1. The molecule has 3 aromatic rings. The van der Waals surface area contributed by atoms with Gasteiger partial charge in [0, 0.05) is 34.4 Å². The predicted octanol–water partition coefficient (Wildman–Crippen LogP) is 7.30. The summed E-state index contributed by atoms with van der Waals surface area (Å²) < 4.78 is 6.43. The number of hydrogen-bond acceptors (Lipinski definition) is 2. The summed E-state index contributed by atoms with van der Waals surface area (Å²) in [7, 11) is 4.68. The summed E-state index contributed by atoms with van der Waals surface area (Å²) in [6, 6.07) is 19.9. The molecule has 4 rings (SSSR count). The first-order chi connectivity index (χ1) is 16.5. The molecule has 3 nitrogen and oxygen atoms in total. The number of hydrogen-bond donors (Lipinski definition) is 1. The number of para-hydroxylation sites is 1. The fourth-order valence-electron chi connectivity index (χ4n) is 6.11. The van der Waals surface area contributed by atoms with Crippen molar-refractivity contribution in [3.63, 3.8) is 0 Å². The number of rotatable bonds is 7. The molecule has 0 spiro atoms. The summed E-state index contributed by atoms with van der Waals surface area (Å²) >= 11 is 0. The van der Waals surface area contributed by atoms with Crippen LogP contribution in [0.15, 0.2) is 54.6 Å². The van der Waals surface area contributed by atoms with Crippen LogP contribution in [0.5, 0.6) is 0 Å². The van der Waals surface area contributed by atoms with Gasteiger partial charge in [-0.1, -0.05) is 82.4 Å². The summed E-state index contributed by atoms with van der Waals surface area (Å²) in [5.74, 6) is 0.534. The number of H-pyrrole nitrogens is 1. The number of nitrogens with zero attached hydrogens (tertiary/aromatic N) is 1. The van der Waals surface area contributed by atoms with E-state index in [-0.39, 0.29) is 16.7 Å². The van der Waals surface area contributed by atoms with Crippen LogP contribution < -0.4 is 5.32 Å². The maximum absolute atomic E-state index is 6.43. The normalized spacial score (nSPS) is 22.6. The fourth-order valence-corrected chi connectivity index (χ4v) is 8.26. The van der Waals surface area contributed by atoms with Gasteiger partial charge in [0.15, 0.2) is 0 Å². The van der Waals surface area contributed by atoms with Crippen LogP contribution in [0.25, 0.3) is 10.9 Å². The number of nitrogens with one attached hydrogen (secondary N) is 1. The van der Waals surface area contributed by atoms with Crippen LogP contribution in [-0.2, 0) is 11.2 Å². The van der Waals surface area contributed by atoms with Gasteiger partial charge in [-0.25, -0.2) is 0 Å². The minimum atomic E-state index is -1.79. The lowest BCUT2D eigenvalue weighted by atomic mass is 9.70. The summed E-state index contributed by atoms with van der Waals surface area (Å²) in [6.07, 6.45) is 6.05. The topological polar surface area (TPSA) is 28.3 Å². The van der Waals surface area contributed by atoms with E-state index in [2.05, 4.69) is 112 Å². The van der Waals surface area contributed by atoms with Gasteiger partial charge in [0.2, 0.25) is 0 Å². The quantitative estimate of drug-likeness (QED) is 0.352. The van der Waals surface area contributed by atoms with E-state index >= 15 is 0 Å². The van der Waals surface area contributed by atoms with Crippen molar-refractivity contribution < 1.29 is 4.74 Å². The molecule has 190 valence electrons. The molecular formula is C31H46N2OSi. The van der Waals surface area contributed by atoms with Crippen LogP contribution in [0.2, 0.25) is 18.1 Å². The Kier molecular flexibility index (Phi) is 7.39. The number of benzene rings is 2. The largest absolute Gasteiger partial charge is 0.376 e. The van der Waals surface area contributed by atoms with E-state index in [0.29, 0.717) is 5.92 Å². The highest BCUT2D eigenvalue weighted by Crippen LogP contribution is 2.46. The maximum atomic E-state index is 6.43. The predicted molar refractivity (Wildman–Crippen MR) is 153 cm³/mol. The molecule has 35 heavy (non-hydrogen) atoms. The van der Waals surface area contributed by atoms with Gasteiger partial charge < -0.3 is 14.6 Å². The number of methoxy groups -OCH3 is 1. The van der Waals surface area contributed by atoms with Crippen molar-refractivity contribution in [1.82, 2.24) is 9.88 Å². The second-order valence-corrected chi connectivity index (χ2v) is 17.9. The van der Waals surface area contributed by atoms with Crippen molar-refractivity contribution in [2.75, 3.05) is 21.2 Å². The molecule has 0 bridgehead atoms. The summed E-state index contributed by atoms with van der Waals surface area (Å²) in [5.41, 5.74) is 4.37. The van der Waals surface area contributed by atoms with Gasteiger partial charge in [-0.05, 0) is 68.8 Å². The number of aromatic amines is 1. The molecule has 1 heterocycles. The average Bonchev–Trinajstić information content (AvgIpc) is 3.21. The van der Waals surface area contributed by atoms with Gasteiger partial charge in [-0.2, -0.15) is 0 Å². The molecule has 1 aromatic heterocycles. The van der Waals surface area contributed by atoms with E-state index in [4.69, 9.17) is 4.74 Å². The Morgan fingerprint density at radius 1 is 1.00 bits per heavy atom. The van der Waals surface area contributed by atoms with Crippen molar-refractivity contribution in [2.24, 2.45) is 5.92 Å². The smallest absolute Gasteiger partial charge is 0.107 e. The van der Waals surface area contributed by atoms with E-state index in [1.54, 1.807) is 0 Å². The summed E-state index contributed by atoms with van der Waals surface area (Å²) in [5, 5.41) is 3.09. The molecule has 0 saturated heterocycles. The highest BCUT2D eigenvalue weighted by molar-refractivity contribution is 6.92. The zero-order valence-corrected chi connectivity index (χ0v) is 24.2. The first-order valence-corrected chi connectivity index (χ1v) is 16.4. The molecule has 1 unspecified atom stereocenters. The third-order valence-electron chi connectivity index (χ3n) is 9.50. The second kappa shape index (κ2) is 9.88. The number of likely N-dealkylation sites (N-methyl/N-ethyl adjacent to an activating group) is 1. The zero-order valence-electron chi connectivity index (χ0n) is 23.2. The third-order valence-corrected chi connectivity index (χ3v) is 14.9. The lowest BCUT2D eigenvalue weighted by Crippen LogP contribution is -2.53. The van der Waals surface area contributed by atoms with E-state index in [1.807, 2.05) is 7.11 Å². The Hall–Kier alpha value is -1.88.